The van der Waals surface area contributed by atoms with Crippen molar-refractivity contribution in [1.29, 1.82) is 0 Å². The highest BCUT2D eigenvalue weighted by molar-refractivity contribution is 14.1. The number of nitrogens with zero attached hydrogens (tertiary/aromatic N) is 2. The second kappa shape index (κ2) is 6.08. The molecule has 6 heteroatoms. The smallest absolute Gasteiger partial charge is 0.262 e. The van der Waals surface area contributed by atoms with Crippen LogP contribution in [0.2, 0.25) is 0 Å². The van der Waals surface area contributed by atoms with Crippen LogP contribution in [0.3, 0.4) is 0 Å². The third kappa shape index (κ3) is 2.69. The van der Waals surface area contributed by atoms with Crippen LogP contribution in [0, 0.1) is 7.14 Å². The number of halogens is 2. The van der Waals surface area contributed by atoms with Crippen molar-refractivity contribution >= 4 is 67.8 Å². The Balaban J connectivity index is 2.86. The summed E-state index contributed by atoms with van der Waals surface area (Å²) in [6, 6.07) is 3.96. The van der Waals surface area contributed by atoms with Crippen LogP contribution in [0.1, 0.15) is 13.8 Å². The standard InChI is InChI=1S/C12H12I2N2OS/c1-3-16-11(17)8-5-7(13)6-9(14)10(8)15-12(16)18-4-2/h5-6H,3-4H2,1-2H3. The highest BCUT2D eigenvalue weighted by atomic mass is 127. The van der Waals surface area contributed by atoms with Crippen LogP contribution in [0.5, 0.6) is 0 Å². The molecule has 2 rings (SSSR count). The van der Waals surface area contributed by atoms with Crippen LogP contribution in [0.15, 0.2) is 22.1 Å². The maximum Gasteiger partial charge on any atom is 0.262 e. The summed E-state index contributed by atoms with van der Waals surface area (Å²) in [4.78, 5) is 17.1. The molecule has 0 saturated carbocycles. The molecule has 0 aliphatic carbocycles. The average Bonchev–Trinajstić information content (AvgIpc) is 2.32. The van der Waals surface area contributed by atoms with Gasteiger partial charge in [-0.05, 0) is 70.0 Å². The van der Waals surface area contributed by atoms with Gasteiger partial charge in [0.25, 0.3) is 5.56 Å². The molecular formula is C12H12I2N2OS. The van der Waals surface area contributed by atoms with Gasteiger partial charge in [0.1, 0.15) is 0 Å². The van der Waals surface area contributed by atoms with Crippen LogP contribution < -0.4 is 5.56 Å². The third-order valence-electron chi connectivity index (χ3n) is 2.53. The lowest BCUT2D eigenvalue weighted by Gasteiger charge is -2.11. The Kier molecular flexibility index (Phi) is 4.92. The summed E-state index contributed by atoms with van der Waals surface area (Å²) in [6.45, 7) is 4.71. The molecule has 0 amide bonds. The molecule has 0 aliphatic rings. The topological polar surface area (TPSA) is 34.9 Å². The quantitative estimate of drug-likeness (QED) is 0.377. The van der Waals surface area contributed by atoms with Crippen molar-refractivity contribution in [2.45, 2.75) is 25.5 Å². The van der Waals surface area contributed by atoms with E-state index in [2.05, 4.69) is 57.1 Å². The molecule has 1 aromatic heterocycles. The maximum absolute atomic E-state index is 12.5. The Hall–Kier alpha value is 0.170. The van der Waals surface area contributed by atoms with Gasteiger partial charge < -0.3 is 0 Å². The van der Waals surface area contributed by atoms with E-state index in [-0.39, 0.29) is 5.56 Å². The first-order valence-electron chi connectivity index (χ1n) is 5.60. The zero-order chi connectivity index (χ0) is 13.3. The Morgan fingerprint density at radius 1 is 1.33 bits per heavy atom. The van der Waals surface area contributed by atoms with Gasteiger partial charge >= 0.3 is 0 Å². The zero-order valence-corrected chi connectivity index (χ0v) is 15.2. The van der Waals surface area contributed by atoms with Gasteiger partial charge in [-0.2, -0.15) is 0 Å². The molecule has 0 fully saturated rings. The first-order valence-corrected chi connectivity index (χ1v) is 8.75. The SMILES string of the molecule is CCSc1nc2c(I)cc(I)cc2c(=O)n1CC. The lowest BCUT2D eigenvalue weighted by Crippen LogP contribution is -2.23. The molecule has 2 aromatic rings. The molecule has 96 valence electrons. The lowest BCUT2D eigenvalue weighted by atomic mass is 10.2. The summed E-state index contributed by atoms with van der Waals surface area (Å²) >= 11 is 6.09. The first kappa shape index (κ1) is 14.6. The van der Waals surface area contributed by atoms with Crippen molar-refractivity contribution in [3.8, 4) is 0 Å². The molecule has 0 atom stereocenters. The van der Waals surface area contributed by atoms with Crippen molar-refractivity contribution in [2.75, 3.05) is 5.75 Å². The minimum absolute atomic E-state index is 0.0647. The van der Waals surface area contributed by atoms with Gasteiger partial charge in [-0.25, -0.2) is 4.98 Å². The molecule has 0 spiro atoms. The van der Waals surface area contributed by atoms with Gasteiger partial charge in [-0.15, -0.1) is 0 Å². The number of aromatic nitrogens is 2. The summed E-state index contributed by atoms with van der Waals surface area (Å²) in [5.74, 6) is 0.916. The van der Waals surface area contributed by atoms with E-state index in [1.807, 2.05) is 19.1 Å². The summed E-state index contributed by atoms with van der Waals surface area (Å²) < 4.78 is 3.86. The Morgan fingerprint density at radius 2 is 2.06 bits per heavy atom. The molecular weight excluding hydrogens is 474 g/mol. The summed E-state index contributed by atoms with van der Waals surface area (Å²) in [7, 11) is 0. The number of hydrogen-bond donors (Lipinski definition) is 0. The largest absolute Gasteiger partial charge is 0.287 e. The Morgan fingerprint density at radius 3 is 2.67 bits per heavy atom. The third-order valence-corrected chi connectivity index (χ3v) is 4.84. The lowest BCUT2D eigenvalue weighted by molar-refractivity contribution is 0.634. The average molecular weight is 486 g/mol. The van der Waals surface area contributed by atoms with Crippen LogP contribution in [-0.2, 0) is 6.54 Å². The van der Waals surface area contributed by atoms with E-state index in [0.717, 1.165) is 23.6 Å². The van der Waals surface area contributed by atoms with Crippen LogP contribution in [0.25, 0.3) is 10.9 Å². The summed E-state index contributed by atoms with van der Waals surface area (Å²) in [5.41, 5.74) is 0.886. The van der Waals surface area contributed by atoms with Gasteiger partial charge in [0.15, 0.2) is 5.16 Å². The van der Waals surface area contributed by atoms with E-state index in [0.29, 0.717) is 11.9 Å². The molecule has 0 saturated heterocycles. The second-order valence-electron chi connectivity index (χ2n) is 3.66. The predicted molar refractivity (Wildman–Crippen MR) is 93.5 cm³/mol. The minimum Gasteiger partial charge on any atom is -0.287 e. The minimum atomic E-state index is 0.0647. The summed E-state index contributed by atoms with van der Waals surface area (Å²) in [5, 5.41) is 1.53. The van der Waals surface area contributed by atoms with E-state index in [1.54, 1.807) is 16.3 Å². The van der Waals surface area contributed by atoms with Crippen LogP contribution in [-0.4, -0.2) is 15.3 Å². The monoisotopic (exact) mass is 486 g/mol. The van der Waals surface area contributed by atoms with Gasteiger partial charge in [0.05, 0.1) is 10.9 Å². The Labute approximate surface area is 137 Å². The second-order valence-corrected chi connectivity index (χ2v) is 7.30. The van der Waals surface area contributed by atoms with Gasteiger partial charge in [0, 0.05) is 13.7 Å². The molecule has 3 nitrogen and oxygen atoms in total. The van der Waals surface area contributed by atoms with E-state index in [9.17, 15) is 4.79 Å². The van der Waals surface area contributed by atoms with Crippen molar-refractivity contribution in [3.63, 3.8) is 0 Å². The highest BCUT2D eigenvalue weighted by Crippen LogP contribution is 2.23. The molecule has 0 aliphatic heterocycles. The van der Waals surface area contributed by atoms with Gasteiger partial charge in [-0.1, -0.05) is 18.7 Å². The fourth-order valence-electron chi connectivity index (χ4n) is 1.75. The number of fused-ring (bicyclic) bond motifs is 1. The van der Waals surface area contributed by atoms with Crippen molar-refractivity contribution in [2.24, 2.45) is 0 Å². The fraction of sp³-hybridized carbons (Fsp3) is 0.333. The van der Waals surface area contributed by atoms with Crippen LogP contribution >= 0.6 is 56.9 Å². The predicted octanol–water partition coefficient (Wildman–Crippen LogP) is 3.74. The molecule has 1 aromatic carbocycles. The highest BCUT2D eigenvalue weighted by Gasteiger charge is 2.12. The Bertz CT molecular complexity index is 655. The zero-order valence-electron chi connectivity index (χ0n) is 10.0. The van der Waals surface area contributed by atoms with Crippen molar-refractivity contribution in [1.82, 2.24) is 9.55 Å². The van der Waals surface area contributed by atoms with E-state index in [1.165, 1.54) is 0 Å². The first-order chi connectivity index (χ1) is 8.58. The van der Waals surface area contributed by atoms with Crippen molar-refractivity contribution in [3.05, 3.63) is 29.6 Å². The van der Waals surface area contributed by atoms with Crippen molar-refractivity contribution < 1.29 is 0 Å². The normalized spacial score (nSPS) is 11.1. The number of benzene rings is 1. The number of rotatable bonds is 3. The molecule has 1 heterocycles. The fourth-order valence-corrected chi connectivity index (χ4v) is 4.50. The van der Waals surface area contributed by atoms with E-state index in [4.69, 9.17) is 0 Å². The molecule has 0 N–H and O–H groups in total. The van der Waals surface area contributed by atoms with Gasteiger partial charge in [-0.3, -0.25) is 9.36 Å². The molecule has 0 bridgehead atoms. The number of thioether (sulfide) groups is 1. The molecule has 0 radical (unpaired) electrons. The molecule has 0 unspecified atom stereocenters. The maximum atomic E-state index is 12.5. The molecule has 18 heavy (non-hydrogen) atoms. The van der Waals surface area contributed by atoms with E-state index < -0.39 is 0 Å². The van der Waals surface area contributed by atoms with E-state index >= 15 is 0 Å². The van der Waals surface area contributed by atoms with Gasteiger partial charge in [0.2, 0.25) is 0 Å². The van der Waals surface area contributed by atoms with Crippen LogP contribution in [0.4, 0.5) is 0 Å². The summed E-state index contributed by atoms with van der Waals surface area (Å²) in [6.07, 6.45) is 0. The number of hydrogen-bond acceptors (Lipinski definition) is 3.